The first-order chi connectivity index (χ1) is 10.6. The number of phenolic OH excluding ortho intramolecular Hbond substituents is 1. The van der Waals surface area contributed by atoms with Gasteiger partial charge in [-0.1, -0.05) is 42.5 Å². The summed E-state index contributed by atoms with van der Waals surface area (Å²) in [6.07, 6.45) is 0. The van der Waals surface area contributed by atoms with E-state index < -0.39 is 10.0 Å². The standard InChI is InChI=1S/C17H15NO3S/c19-17-8-4-7-14-11-15(9-10-16(14)17)22(20,21)18-12-13-5-2-1-3-6-13/h1-11,18-19H,12H2. The normalized spacial score (nSPS) is 11.6. The van der Waals surface area contributed by atoms with Gasteiger partial charge in [-0.2, -0.15) is 0 Å². The van der Waals surface area contributed by atoms with E-state index in [1.165, 1.54) is 6.07 Å². The second kappa shape index (κ2) is 5.79. The van der Waals surface area contributed by atoms with Crippen LogP contribution in [0, 0.1) is 0 Å². The van der Waals surface area contributed by atoms with Crippen LogP contribution in [0.1, 0.15) is 5.56 Å². The van der Waals surface area contributed by atoms with Crippen molar-refractivity contribution < 1.29 is 13.5 Å². The number of aromatic hydroxyl groups is 1. The summed E-state index contributed by atoms with van der Waals surface area (Å²) in [5.41, 5.74) is 0.893. The van der Waals surface area contributed by atoms with Crippen molar-refractivity contribution >= 4 is 20.8 Å². The minimum Gasteiger partial charge on any atom is -0.507 e. The molecule has 0 aliphatic carbocycles. The van der Waals surface area contributed by atoms with Gasteiger partial charge in [-0.3, -0.25) is 0 Å². The molecule has 112 valence electrons. The monoisotopic (exact) mass is 313 g/mol. The van der Waals surface area contributed by atoms with Gasteiger partial charge in [0.25, 0.3) is 0 Å². The lowest BCUT2D eigenvalue weighted by atomic mass is 10.1. The van der Waals surface area contributed by atoms with Crippen LogP contribution in [-0.4, -0.2) is 13.5 Å². The summed E-state index contributed by atoms with van der Waals surface area (Å²) in [6, 6.07) is 19.0. The molecule has 0 aromatic heterocycles. The molecule has 0 aliphatic heterocycles. The van der Waals surface area contributed by atoms with Crippen molar-refractivity contribution in [3.8, 4) is 5.75 Å². The minimum absolute atomic E-state index is 0.138. The molecule has 0 bridgehead atoms. The van der Waals surface area contributed by atoms with Gasteiger partial charge in [0.2, 0.25) is 10.0 Å². The average molecular weight is 313 g/mol. The van der Waals surface area contributed by atoms with Crippen LogP contribution in [0.3, 0.4) is 0 Å². The van der Waals surface area contributed by atoms with Crippen molar-refractivity contribution in [2.45, 2.75) is 11.4 Å². The Balaban J connectivity index is 1.89. The maximum Gasteiger partial charge on any atom is 0.240 e. The first-order valence-electron chi connectivity index (χ1n) is 6.82. The highest BCUT2D eigenvalue weighted by Gasteiger charge is 2.14. The summed E-state index contributed by atoms with van der Waals surface area (Å²) in [5, 5.41) is 11.1. The predicted molar refractivity (Wildman–Crippen MR) is 86.1 cm³/mol. The lowest BCUT2D eigenvalue weighted by molar-refractivity contribution is 0.481. The largest absolute Gasteiger partial charge is 0.507 e. The Morgan fingerprint density at radius 3 is 2.45 bits per heavy atom. The Bertz CT molecular complexity index is 906. The molecule has 0 aliphatic rings. The molecule has 0 heterocycles. The van der Waals surface area contributed by atoms with Crippen molar-refractivity contribution in [3.05, 3.63) is 72.3 Å². The molecule has 2 N–H and O–H groups in total. The molecule has 0 amide bonds. The predicted octanol–water partition coefficient (Wildman–Crippen LogP) is 3.02. The van der Waals surface area contributed by atoms with Crippen LogP contribution in [0.5, 0.6) is 5.75 Å². The van der Waals surface area contributed by atoms with E-state index in [0.717, 1.165) is 5.56 Å². The fourth-order valence-electron chi connectivity index (χ4n) is 2.27. The maximum atomic E-state index is 12.4. The molecule has 0 fully saturated rings. The van der Waals surface area contributed by atoms with Crippen LogP contribution in [-0.2, 0) is 16.6 Å². The summed E-state index contributed by atoms with van der Waals surface area (Å²) in [6.45, 7) is 0.237. The smallest absolute Gasteiger partial charge is 0.240 e. The van der Waals surface area contributed by atoms with Crippen molar-refractivity contribution in [2.24, 2.45) is 0 Å². The van der Waals surface area contributed by atoms with Gasteiger partial charge in [0.15, 0.2) is 0 Å². The first-order valence-corrected chi connectivity index (χ1v) is 8.30. The number of rotatable bonds is 4. The molecule has 0 unspecified atom stereocenters. The number of hydrogen-bond donors (Lipinski definition) is 2. The summed E-state index contributed by atoms with van der Waals surface area (Å²) in [5.74, 6) is 0.138. The SMILES string of the molecule is O=S(=O)(NCc1ccccc1)c1ccc2c(O)cccc2c1. The van der Waals surface area contributed by atoms with E-state index in [-0.39, 0.29) is 17.2 Å². The van der Waals surface area contributed by atoms with Gasteiger partial charge >= 0.3 is 0 Å². The molecular formula is C17H15NO3S. The molecule has 22 heavy (non-hydrogen) atoms. The fourth-order valence-corrected chi connectivity index (χ4v) is 3.32. The van der Waals surface area contributed by atoms with Gasteiger partial charge in [-0.15, -0.1) is 0 Å². The molecule has 0 spiro atoms. The molecule has 0 radical (unpaired) electrons. The Hall–Kier alpha value is -2.37. The zero-order chi connectivity index (χ0) is 15.6. The molecule has 0 saturated carbocycles. The van der Waals surface area contributed by atoms with E-state index in [1.807, 2.05) is 30.3 Å². The van der Waals surface area contributed by atoms with E-state index in [0.29, 0.717) is 10.8 Å². The number of fused-ring (bicyclic) bond motifs is 1. The highest BCUT2D eigenvalue weighted by atomic mass is 32.2. The van der Waals surface area contributed by atoms with Gasteiger partial charge in [0, 0.05) is 11.9 Å². The van der Waals surface area contributed by atoms with Crippen LogP contribution >= 0.6 is 0 Å². The summed E-state index contributed by atoms with van der Waals surface area (Å²) >= 11 is 0. The Labute approximate surface area is 129 Å². The molecular weight excluding hydrogens is 298 g/mol. The molecule has 0 atom stereocenters. The van der Waals surface area contributed by atoms with E-state index >= 15 is 0 Å². The van der Waals surface area contributed by atoms with Crippen molar-refractivity contribution in [3.63, 3.8) is 0 Å². The number of sulfonamides is 1. The fraction of sp³-hybridized carbons (Fsp3) is 0.0588. The summed E-state index contributed by atoms with van der Waals surface area (Å²) in [7, 11) is -3.59. The molecule has 3 aromatic carbocycles. The molecule has 3 rings (SSSR count). The van der Waals surface area contributed by atoms with Crippen LogP contribution in [0.2, 0.25) is 0 Å². The quantitative estimate of drug-likeness (QED) is 0.778. The Kier molecular flexibility index (Phi) is 3.83. The highest BCUT2D eigenvalue weighted by Crippen LogP contribution is 2.26. The third kappa shape index (κ3) is 2.95. The number of nitrogens with one attached hydrogen (secondary N) is 1. The number of hydrogen-bond acceptors (Lipinski definition) is 3. The van der Waals surface area contributed by atoms with Gasteiger partial charge < -0.3 is 5.11 Å². The second-order valence-electron chi connectivity index (χ2n) is 4.97. The van der Waals surface area contributed by atoms with Crippen LogP contribution in [0.25, 0.3) is 10.8 Å². The zero-order valence-electron chi connectivity index (χ0n) is 11.7. The van der Waals surface area contributed by atoms with Gasteiger partial charge in [0.05, 0.1) is 4.90 Å². The Morgan fingerprint density at radius 2 is 1.68 bits per heavy atom. The summed E-state index contributed by atoms with van der Waals surface area (Å²) in [4.78, 5) is 0.182. The zero-order valence-corrected chi connectivity index (χ0v) is 12.5. The van der Waals surface area contributed by atoms with Gasteiger partial charge in [-0.25, -0.2) is 13.1 Å². The van der Waals surface area contributed by atoms with E-state index in [4.69, 9.17) is 0 Å². The third-order valence-corrected chi connectivity index (χ3v) is 4.85. The maximum absolute atomic E-state index is 12.4. The average Bonchev–Trinajstić information content (AvgIpc) is 2.54. The summed E-state index contributed by atoms with van der Waals surface area (Å²) < 4.78 is 27.3. The topological polar surface area (TPSA) is 66.4 Å². The van der Waals surface area contributed by atoms with E-state index in [1.54, 1.807) is 30.3 Å². The highest BCUT2D eigenvalue weighted by molar-refractivity contribution is 7.89. The first kappa shape index (κ1) is 14.6. The molecule has 5 heteroatoms. The molecule has 3 aromatic rings. The van der Waals surface area contributed by atoms with Crippen molar-refractivity contribution in [2.75, 3.05) is 0 Å². The lowest BCUT2D eigenvalue weighted by Crippen LogP contribution is -2.23. The second-order valence-corrected chi connectivity index (χ2v) is 6.74. The lowest BCUT2D eigenvalue weighted by Gasteiger charge is -2.08. The third-order valence-electron chi connectivity index (χ3n) is 3.45. The molecule has 4 nitrogen and oxygen atoms in total. The molecule has 0 saturated heterocycles. The van der Waals surface area contributed by atoms with Crippen molar-refractivity contribution in [1.29, 1.82) is 0 Å². The van der Waals surface area contributed by atoms with E-state index in [2.05, 4.69) is 4.72 Å². The van der Waals surface area contributed by atoms with Crippen molar-refractivity contribution in [1.82, 2.24) is 4.72 Å². The Morgan fingerprint density at radius 1 is 0.909 bits per heavy atom. The van der Waals surface area contributed by atoms with E-state index in [9.17, 15) is 13.5 Å². The van der Waals surface area contributed by atoms with Gasteiger partial charge in [0.1, 0.15) is 5.75 Å². The minimum atomic E-state index is -3.59. The number of phenols is 1. The van der Waals surface area contributed by atoms with Crippen LogP contribution < -0.4 is 4.72 Å². The van der Waals surface area contributed by atoms with Crippen LogP contribution in [0.4, 0.5) is 0 Å². The number of benzene rings is 3. The van der Waals surface area contributed by atoms with Gasteiger partial charge in [-0.05, 0) is 35.2 Å². The van der Waals surface area contributed by atoms with Crippen LogP contribution in [0.15, 0.2) is 71.6 Å².